The van der Waals surface area contributed by atoms with Gasteiger partial charge in [-0.05, 0) is 0 Å². The van der Waals surface area contributed by atoms with Gasteiger partial charge in [0, 0.05) is 18.2 Å². The Balaban J connectivity index is 4.20. The first kappa shape index (κ1) is 15.6. The molecule has 0 aromatic carbocycles. The second-order valence-electron chi connectivity index (χ2n) is 3.86. The van der Waals surface area contributed by atoms with Gasteiger partial charge in [-0.25, -0.2) is 17.7 Å². The third-order valence-corrected chi connectivity index (χ3v) is 2.57. The molecule has 0 spiro atoms. The van der Waals surface area contributed by atoms with Crippen molar-refractivity contribution < 1.29 is 27.0 Å². The van der Waals surface area contributed by atoms with Crippen molar-refractivity contribution in [2.45, 2.75) is 6.42 Å². The van der Waals surface area contributed by atoms with E-state index in [-0.39, 0.29) is 10.9 Å². The molecule has 7 heteroatoms. The number of ether oxygens (including phenoxy) is 1. The highest BCUT2D eigenvalue weighted by molar-refractivity contribution is 7.85. The Morgan fingerprint density at radius 2 is 2.12 bits per heavy atom. The van der Waals surface area contributed by atoms with Crippen LogP contribution in [0.4, 0.5) is 0 Å². The predicted octanol–water partition coefficient (Wildman–Crippen LogP) is -0.354. The summed E-state index contributed by atoms with van der Waals surface area (Å²) in [5.74, 6) is -1.08. The maximum atomic E-state index is 10.7. The number of nitrogens with zero attached hydrogens (tertiary/aromatic N) is 1. The molecule has 0 atom stereocenters. The molecule has 0 radical (unpaired) electrons. The van der Waals surface area contributed by atoms with Gasteiger partial charge in [0.15, 0.2) is 12.2 Å². The van der Waals surface area contributed by atoms with E-state index in [4.69, 9.17) is 0 Å². The molecular formula is C10H15NO5S. The number of rotatable bonds is 5. The average molecular weight is 261 g/mol. The second-order valence-corrected chi connectivity index (χ2v) is 5.39. The quantitative estimate of drug-likeness (QED) is 0.222. The summed E-state index contributed by atoms with van der Waals surface area (Å²) in [5, 5.41) is 0. The fourth-order valence-corrected chi connectivity index (χ4v) is 1.41. The molecular weight excluding hydrogens is 246 g/mol. The standard InChI is InChI=1S/C10H15NO5S/c1-4-10(12)16-8-7-11(2,3)6-5-9-17(13,14)15/h4H,1,5-6,9H2,2-3H3. The lowest BCUT2D eigenvalue weighted by Gasteiger charge is -2.20. The van der Waals surface area contributed by atoms with E-state index in [9.17, 15) is 17.8 Å². The molecule has 0 amide bonds. The molecule has 0 aliphatic rings. The molecule has 6 nitrogen and oxygen atoms in total. The summed E-state index contributed by atoms with van der Waals surface area (Å²) in [7, 11) is -0.790. The summed E-state index contributed by atoms with van der Waals surface area (Å²) in [6.07, 6.45) is 3.38. The first-order chi connectivity index (χ1) is 7.66. The van der Waals surface area contributed by atoms with E-state index in [1.807, 2.05) is 0 Å². The van der Waals surface area contributed by atoms with Crippen LogP contribution in [-0.4, -0.2) is 49.8 Å². The number of carbonyl (C=O) groups is 1. The minimum Gasteiger partial charge on any atom is -0.748 e. The molecule has 0 saturated carbocycles. The highest BCUT2D eigenvalue weighted by Crippen LogP contribution is 1.99. The zero-order valence-electron chi connectivity index (χ0n) is 9.80. The summed E-state index contributed by atoms with van der Waals surface area (Å²) in [6.45, 7) is 3.56. The third-order valence-electron chi connectivity index (χ3n) is 1.78. The second kappa shape index (κ2) is 6.39. The van der Waals surface area contributed by atoms with E-state index in [1.165, 1.54) is 0 Å². The van der Waals surface area contributed by atoms with Crippen LogP contribution in [-0.2, 0) is 19.6 Å². The van der Waals surface area contributed by atoms with Crippen LogP contribution in [0.5, 0.6) is 0 Å². The van der Waals surface area contributed by atoms with Gasteiger partial charge in [0.05, 0.1) is 30.8 Å². The van der Waals surface area contributed by atoms with Crippen molar-refractivity contribution >= 4 is 16.1 Å². The number of esters is 1. The van der Waals surface area contributed by atoms with E-state index in [0.29, 0.717) is 6.54 Å². The number of hydrogen-bond donors (Lipinski definition) is 0. The van der Waals surface area contributed by atoms with Crippen LogP contribution in [0, 0.1) is 12.2 Å². The maximum absolute atomic E-state index is 10.7. The molecule has 0 heterocycles. The number of quaternary nitrogens is 1. The summed E-state index contributed by atoms with van der Waals surface area (Å²) >= 11 is 0. The van der Waals surface area contributed by atoms with Gasteiger partial charge in [-0.15, -0.1) is 0 Å². The first-order valence-electron chi connectivity index (χ1n) is 4.78. The fraction of sp³-hybridized carbons (Fsp3) is 0.500. The number of hydrogen-bond acceptors (Lipinski definition) is 5. The smallest absolute Gasteiger partial charge is 0.344 e. The van der Waals surface area contributed by atoms with Gasteiger partial charge in [0.25, 0.3) is 0 Å². The molecule has 0 aliphatic heterocycles. The minimum atomic E-state index is -4.19. The van der Waals surface area contributed by atoms with Crippen molar-refractivity contribution in [3.05, 3.63) is 12.7 Å². The molecule has 0 rings (SSSR count). The summed E-state index contributed by atoms with van der Waals surface area (Å²) < 4.78 is 35.7. The van der Waals surface area contributed by atoms with Crippen LogP contribution in [0.25, 0.3) is 0 Å². The molecule has 0 aromatic rings. The van der Waals surface area contributed by atoms with Crippen LogP contribution in [0.15, 0.2) is 12.7 Å². The van der Waals surface area contributed by atoms with Crippen molar-refractivity contribution in [1.29, 1.82) is 0 Å². The Kier molecular flexibility index (Phi) is 5.88. The molecule has 0 saturated heterocycles. The minimum absolute atomic E-state index is 0.125. The lowest BCUT2D eigenvalue weighted by Crippen LogP contribution is -2.36. The van der Waals surface area contributed by atoms with E-state index < -0.39 is 21.8 Å². The Morgan fingerprint density at radius 3 is 2.59 bits per heavy atom. The molecule has 0 unspecified atom stereocenters. The predicted molar refractivity (Wildman–Crippen MR) is 60.2 cm³/mol. The Hall–Kier alpha value is -1.36. The lowest BCUT2D eigenvalue weighted by molar-refractivity contribution is -0.822. The number of carbonyl (C=O) groups excluding carboxylic acids is 1. The van der Waals surface area contributed by atoms with Gasteiger partial charge in [0.2, 0.25) is 0 Å². The van der Waals surface area contributed by atoms with E-state index >= 15 is 0 Å². The SMILES string of the molecule is C=CC(=O)OC#C[N+](C)(C)CCCS(=O)(=O)[O-]. The first-order valence-corrected chi connectivity index (χ1v) is 6.36. The van der Waals surface area contributed by atoms with Crippen LogP contribution in [0.3, 0.4) is 0 Å². The highest BCUT2D eigenvalue weighted by Gasteiger charge is 2.13. The van der Waals surface area contributed by atoms with Crippen LogP contribution < -0.4 is 0 Å². The zero-order chi connectivity index (χ0) is 13.5. The largest absolute Gasteiger partial charge is 0.748 e. The molecule has 0 fully saturated rings. The molecule has 0 aliphatic carbocycles. The van der Waals surface area contributed by atoms with Gasteiger partial charge < -0.3 is 9.29 Å². The molecule has 0 N–H and O–H groups in total. The van der Waals surface area contributed by atoms with Crippen LogP contribution in [0.2, 0.25) is 0 Å². The maximum Gasteiger partial charge on any atom is 0.344 e. The van der Waals surface area contributed by atoms with Gasteiger partial charge >= 0.3 is 5.97 Å². The summed E-state index contributed by atoms with van der Waals surface area (Å²) in [4.78, 5) is 10.7. The average Bonchev–Trinajstić information content (AvgIpc) is 2.14. The highest BCUT2D eigenvalue weighted by atomic mass is 32.2. The van der Waals surface area contributed by atoms with Gasteiger partial charge in [-0.2, -0.15) is 0 Å². The molecule has 0 aromatic heterocycles. The van der Waals surface area contributed by atoms with Crippen molar-refractivity contribution in [1.82, 2.24) is 0 Å². The van der Waals surface area contributed by atoms with E-state index in [2.05, 4.69) is 23.5 Å². The van der Waals surface area contributed by atoms with E-state index in [0.717, 1.165) is 6.08 Å². The molecule has 96 valence electrons. The van der Waals surface area contributed by atoms with Crippen molar-refractivity contribution in [2.24, 2.45) is 0 Å². The zero-order valence-corrected chi connectivity index (χ0v) is 10.6. The normalized spacial score (nSPS) is 11.2. The van der Waals surface area contributed by atoms with Gasteiger partial charge in [-0.3, -0.25) is 0 Å². The van der Waals surface area contributed by atoms with E-state index in [1.54, 1.807) is 14.1 Å². The van der Waals surface area contributed by atoms with Crippen molar-refractivity contribution in [3.63, 3.8) is 0 Å². The van der Waals surface area contributed by atoms with Gasteiger partial charge in [0.1, 0.15) is 0 Å². The summed E-state index contributed by atoms with van der Waals surface area (Å²) in [5.41, 5.74) is 0. The fourth-order valence-electron chi connectivity index (χ4n) is 0.931. The molecule has 0 bridgehead atoms. The Bertz CT molecular complexity index is 441. The Labute approximate surface area is 101 Å². The lowest BCUT2D eigenvalue weighted by atomic mass is 10.4. The third kappa shape index (κ3) is 9.56. The van der Waals surface area contributed by atoms with Crippen molar-refractivity contribution in [3.8, 4) is 12.2 Å². The topological polar surface area (TPSA) is 83.5 Å². The van der Waals surface area contributed by atoms with Crippen LogP contribution in [0.1, 0.15) is 6.42 Å². The Morgan fingerprint density at radius 1 is 1.53 bits per heavy atom. The van der Waals surface area contributed by atoms with Crippen LogP contribution >= 0.6 is 0 Å². The summed E-state index contributed by atoms with van der Waals surface area (Å²) in [6, 6.07) is 2.61. The van der Waals surface area contributed by atoms with Crippen molar-refractivity contribution in [2.75, 3.05) is 26.4 Å². The van der Waals surface area contributed by atoms with Gasteiger partial charge in [-0.1, -0.05) is 6.58 Å². The monoisotopic (exact) mass is 261 g/mol. The molecule has 17 heavy (non-hydrogen) atoms.